The molecule has 0 saturated heterocycles. The molecule has 1 aromatic carbocycles. The van der Waals surface area contributed by atoms with Gasteiger partial charge in [0.1, 0.15) is 5.54 Å². The van der Waals surface area contributed by atoms with Crippen LogP contribution in [0.1, 0.15) is 37.7 Å². The molecule has 0 aliphatic heterocycles. The van der Waals surface area contributed by atoms with Crippen molar-refractivity contribution < 1.29 is 9.59 Å². The average molecular weight is 341 g/mol. The number of amides is 2. The van der Waals surface area contributed by atoms with Gasteiger partial charge in [-0.25, -0.2) is 0 Å². The van der Waals surface area contributed by atoms with Crippen LogP contribution < -0.4 is 11.1 Å². The van der Waals surface area contributed by atoms with Gasteiger partial charge in [-0.05, 0) is 36.6 Å². The number of primary amides is 1. The minimum Gasteiger partial charge on any atom is -0.368 e. The second-order valence-electron chi connectivity index (χ2n) is 5.50. The summed E-state index contributed by atoms with van der Waals surface area (Å²) in [6.07, 6.45) is 7.01. The van der Waals surface area contributed by atoms with E-state index in [-0.39, 0.29) is 5.91 Å². The smallest absolute Gasteiger partial charge is 0.244 e. The first-order valence-electron chi connectivity index (χ1n) is 7.18. The van der Waals surface area contributed by atoms with Crippen LogP contribution in [0.25, 0.3) is 6.08 Å². The molecule has 2 rings (SSSR count). The summed E-state index contributed by atoms with van der Waals surface area (Å²) in [5, 5.41) is 3.65. The SMILES string of the molecule is NC(=O)C1(NC(=O)C=Cc2ccc(Cl)c(Cl)c2)CCCCC1. The highest BCUT2D eigenvalue weighted by Gasteiger charge is 2.38. The van der Waals surface area contributed by atoms with E-state index in [4.69, 9.17) is 28.9 Å². The van der Waals surface area contributed by atoms with Gasteiger partial charge in [0.15, 0.2) is 0 Å². The average Bonchev–Trinajstić information content (AvgIpc) is 2.49. The van der Waals surface area contributed by atoms with Crippen molar-refractivity contribution in [2.24, 2.45) is 5.73 Å². The molecule has 22 heavy (non-hydrogen) atoms. The van der Waals surface area contributed by atoms with E-state index in [1.807, 2.05) is 0 Å². The van der Waals surface area contributed by atoms with Gasteiger partial charge >= 0.3 is 0 Å². The molecule has 118 valence electrons. The summed E-state index contributed by atoms with van der Waals surface area (Å²) >= 11 is 11.8. The number of halogens is 2. The normalized spacial score (nSPS) is 17.4. The van der Waals surface area contributed by atoms with Crippen LogP contribution in [-0.4, -0.2) is 17.4 Å². The first-order chi connectivity index (χ1) is 10.4. The van der Waals surface area contributed by atoms with Crippen molar-refractivity contribution in [3.05, 3.63) is 39.9 Å². The van der Waals surface area contributed by atoms with Crippen molar-refractivity contribution in [1.82, 2.24) is 5.32 Å². The Hall–Kier alpha value is -1.52. The summed E-state index contributed by atoms with van der Waals surface area (Å²) in [7, 11) is 0. The van der Waals surface area contributed by atoms with Gasteiger partial charge in [-0.15, -0.1) is 0 Å². The fourth-order valence-corrected chi connectivity index (χ4v) is 2.96. The van der Waals surface area contributed by atoms with E-state index in [1.165, 1.54) is 6.08 Å². The second-order valence-corrected chi connectivity index (χ2v) is 6.32. The van der Waals surface area contributed by atoms with Crippen molar-refractivity contribution >= 4 is 41.1 Å². The highest BCUT2D eigenvalue weighted by atomic mass is 35.5. The Morgan fingerprint density at radius 2 is 1.82 bits per heavy atom. The number of rotatable bonds is 4. The third-order valence-electron chi connectivity index (χ3n) is 3.91. The highest BCUT2D eigenvalue weighted by molar-refractivity contribution is 6.42. The fraction of sp³-hybridized carbons (Fsp3) is 0.375. The number of hydrogen-bond donors (Lipinski definition) is 2. The van der Waals surface area contributed by atoms with Crippen molar-refractivity contribution in [1.29, 1.82) is 0 Å². The molecule has 0 aromatic heterocycles. The monoisotopic (exact) mass is 340 g/mol. The van der Waals surface area contributed by atoms with E-state index in [1.54, 1.807) is 24.3 Å². The van der Waals surface area contributed by atoms with E-state index < -0.39 is 11.4 Å². The maximum atomic E-state index is 12.1. The Morgan fingerprint density at radius 3 is 2.41 bits per heavy atom. The zero-order valence-corrected chi connectivity index (χ0v) is 13.6. The Kier molecular flexibility index (Phi) is 5.48. The molecule has 4 nitrogen and oxygen atoms in total. The van der Waals surface area contributed by atoms with Crippen molar-refractivity contribution in [3.63, 3.8) is 0 Å². The second kappa shape index (κ2) is 7.16. The topological polar surface area (TPSA) is 72.2 Å². The lowest BCUT2D eigenvalue weighted by Gasteiger charge is -2.34. The maximum Gasteiger partial charge on any atom is 0.244 e. The molecule has 0 unspecified atom stereocenters. The number of nitrogens with two attached hydrogens (primary N) is 1. The lowest BCUT2D eigenvalue weighted by atomic mass is 9.81. The quantitative estimate of drug-likeness (QED) is 0.825. The summed E-state index contributed by atoms with van der Waals surface area (Å²) in [5.41, 5.74) is 5.32. The molecule has 1 aliphatic rings. The number of carbonyl (C=O) groups excluding carboxylic acids is 2. The summed E-state index contributed by atoms with van der Waals surface area (Å²) in [6, 6.07) is 5.08. The predicted octanol–water partition coefficient (Wildman–Crippen LogP) is 3.31. The number of hydrogen-bond acceptors (Lipinski definition) is 2. The molecule has 6 heteroatoms. The van der Waals surface area contributed by atoms with Gasteiger partial charge in [-0.2, -0.15) is 0 Å². The summed E-state index contributed by atoms with van der Waals surface area (Å²) in [4.78, 5) is 23.8. The van der Waals surface area contributed by atoms with Crippen LogP contribution >= 0.6 is 23.2 Å². The molecule has 1 aliphatic carbocycles. The molecule has 0 atom stereocenters. The van der Waals surface area contributed by atoms with Crippen LogP contribution in [0.3, 0.4) is 0 Å². The summed E-state index contributed by atoms with van der Waals surface area (Å²) in [6.45, 7) is 0. The van der Waals surface area contributed by atoms with Crippen LogP contribution in [0.15, 0.2) is 24.3 Å². The highest BCUT2D eigenvalue weighted by Crippen LogP contribution is 2.28. The molecule has 0 bridgehead atoms. The Bertz CT molecular complexity index is 608. The minimum absolute atomic E-state index is 0.341. The standard InChI is InChI=1S/C16H18Cl2N2O2/c17-12-6-4-11(10-13(12)18)5-7-14(21)20-16(15(19)22)8-2-1-3-9-16/h4-7,10H,1-3,8-9H2,(H2,19,22)(H,20,21). The Balaban J connectivity index is 2.06. The van der Waals surface area contributed by atoms with Crippen LogP contribution in [0.5, 0.6) is 0 Å². The number of nitrogens with one attached hydrogen (secondary N) is 1. The molecular weight excluding hydrogens is 323 g/mol. The van der Waals surface area contributed by atoms with Gasteiger partial charge in [0.25, 0.3) is 0 Å². The van der Waals surface area contributed by atoms with E-state index in [9.17, 15) is 9.59 Å². The largest absolute Gasteiger partial charge is 0.368 e. The zero-order chi connectivity index (χ0) is 16.2. The van der Waals surface area contributed by atoms with E-state index in [0.29, 0.717) is 22.9 Å². The Labute approximate surface area is 139 Å². The summed E-state index contributed by atoms with van der Waals surface area (Å²) in [5.74, 6) is -0.810. The van der Waals surface area contributed by atoms with E-state index >= 15 is 0 Å². The number of carbonyl (C=O) groups is 2. The van der Waals surface area contributed by atoms with E-state index in [2.05, 4.69) is 5.32 Å². The fourth-order valence-electron chi connectivity index (χ4n) is 2.65. The van der Waals surface area contributed by atoms with Crippen LogP contribution in [0, 0.1) is 0 Å². The minimum atomic E-state index is -0.919. The molecule has 3 N–H and O–H groups in total. The third kappa shape index (κ3) is 4.02. The molecule has 1 fully saturated rings. The predicted molar refractivity (Wildman–Crippen MR) is 88.6 cm³/mol. The molecule has 0 spiro atoms. The molecule has 0 radical (unpaired) electrons. The summed E-state index contributed by atoms with van der Waals surface area (Å²) < 4.78 is 0. The van der Waals surface area contributed by atoms with Crippen molar-refractivity contribution in [2.45, 2.75) is 37.6 Å². The molecule has 0 heterocycles. The Morgan fingerprint density at radius 1 is 1.14 bits per heavy atom. The first kappa shape index (κ1) is 16.8. The molecule has 1 aromatic rings. The van der Waals surface area contributed by atoms with Crippen molar-refractivity contribution in [3.8, 4) is 0 Å². The molecule has 2 amide bonds. The molecular formula is C16H18Cl2N2O2. The van der Waals surface area contributed by atoms with E-state index in [0.717, 1.165) is 24.8 Å². The zero-order valence-electron chi connectivity index (χ0n) is 12.1. The van der Waals surface area contributed by atoms with Gasteiger partial charge in [-0.3, -0.25) is 9.59 Å². The van der Waals surface area contributed by atoms with Gasteiger partial charge in [0.2, 0.25) is 11.8 Å². The first-order valence-corrected chi connectivity index (χ1v) is 7.94. The van der Waals surface area contributed by atoms with Gasteiger partial charge < -0.3 is 11.1 Å². The molecule has 1 saturated carbocycles. The maximum absolute atomic E-state index is 12.1. The van der Waals surface area contributed by atoms with Crippen molar-refractivity contribution in [2.75, 3.05) is 0 Å². The number of benzene rings is 1. The van der Waals surface area contributed by atoms with Gasteiger partial charge in [0, 0.05) is 6.08 Å². The lowest BCUT2D eigenvalue weighted by molar-refractivity contribution is -0.130. The third-order valence-corrected chi connectivity index (χ3v) is 4.65. The van der Waals surface area contributed by atoms with Gasteiger partial charge in [-0.1, -0.05) is 48.5 Å². The van der Waals surface area contributed by atoms with Crippen LogP contribution in [-0.2, 0) is 9.59 Å². The lowest BCUT2D eigenvalue weighted by Crippen LogP contribution is -2.58. The van der Waals surface area contributed by atoms with Crippen LogP contribution in [0.4, 0.5) is 0 Å². The van der Waals surface area contributed by atoms with Gasteiger partial charge in [0.05, 0.1) is 10.0 Å². The van der Waals surface area contributed by atoms with Crippen LogP contribution in [0.2, 0.25) is 10.0 Å².